The summed E-state index contributed by atoms with van der Waals surface area (Å²) in [6.45, 7) is 8.36. The Morgan fingerprint density at radius 2 is 1.76 bits per heavy atom. The molecule has 21 heavy (non-hydrogen) atoms. The molecule has 0 amide bonds. The zero-order chi connectivity index (χ0) is 15.9. The number of nitrogens with one attached hydrogen (secondary N) is 1. The van der Waals surface area contributed by atoms with Crippen molar-refractivity contribution < 1.29 is 17.9 Å². The van der Waals surface area contributed by atoms with Crippen LogP contribution in [0.15, 0.2) is 24.3 Å². The molecule has 0 fully saturated rings. The molecule has 0 radical (unpaired) electrons. The third-order valence-corrected chi connectivity index (χ3v) is 3.43. The summed E-state index contributed by atoms with van der Waals surface area (Å²) in [4.78, 5) is 0. The Labute approximate surface area is 124 Å². The summed E-state index contributed by atoms with van der Waals surface area (Å²) in [6, 6.07) is 6.16. The Morgan fingerprint density at radius 1 is 1.14 bits per heavy atom. The van der Waals surface area contributed by atoms with E-state index in [0.717, 1.165) is 31.5 Å². The summed E-state index contributed by atoms with van der Waals surface area (Å²) in [5, 5.41) is 3.41. The first-order valence-electron chi connectivity index (χ1n) is 7.37. The lowest BCUT2D eigenvalue weighted by atomic mass is 9.89. The minimum atomic E-state index is -4.63. The van der Waals surface area contributed by atoms with Crippen LogP contribution in [0, 0.1) is 11.8 Å². The summed E-state index contributed by atoms with van der Waals surface area (Å²) in [5.41, 5.74) is 1.03. The van der Waals surface area contributed by atoms with Gasteiger partial charge in [0.15, 0.2) is 0 Å². The number of hydrogen-bond acceptors (Lipinski definition) is 2. The first-order chi connectivity index (χ1) is 9.81. The van der Waals surface area contributed by atoms with Crippen molar-refractivity contribution in [2.24, 2.45) is 11.8 Å². The van der Waals surface area contributed by atoms with Crippen LogP contribution >= 0.6 is 0 Å². The lowest BCUT2D eigenvalue weighted by molar-refractivity contribution is -0.274. The van der Waals surface area contributed by atoms with Crippen molar-refractivity contribution in [3.63, 3.8) is 0 Å². The predicted octanol–water partition coefficient (Wildman–Crippen LogP) is 4.40. The van der Waals surface area contributed by atoms with Crippen molar-refractivity contribution in [3.8, 4) is 5.75 Å². The maximum absolute atomic E-state index is 12.1. The van der Waals surface area contributed by atoms with Gasteiger partial charge in [-0.1, -0.05) is 32.9 Å². The molecule has 0 bridgehead atoms. The normalized spacial score (nSPS) is 13.5. The van der Waals surface area contributed by atoms with E-state index in [1.165, 1.54) is 12.1 Å². The Kier molecular flexibility index (Phi) is 7.02. The van der Waals surface area contributed by atoms with Gasteiger partial charge in [-0.25, -0.2) is 0 Å². The van der Waals surface area contributed by atoms with E-state index < -0.39 is 6.36 Å². The van der Waals surface area contributed by atoms with Gasteiger partial charge in [-0.05, 0) is 55.5 Å². The van der Waals surface area contributed by atoms with E-state index in [1.54, 1.807) is 12.1 Å². The second kappa shape index (κ2) is 8.27. The van der Waals surface area contributed by atoms with Crippen molar-refractivity contribution in [1.29, 1.82) is 0 Å². The van der Waals surface area contributed by atoms with Crippen LogP contribution in [-0.2, 0) is 6.42 Å². The molecule has 5 heteroatoms. The molecule has 0 saturated carbocycles. The van der Waals surface area contributed by atoms with Gasteiger partial charge in [0.2, 0.25) is 0 Å². The largest absolute Gasteiger partial charge is 0.573 e. The SMILES string of the molecule is CCCNCC(Cc1ccc(OC(F)(F)F)cc1)C(C)C. The number of ether oxygens (including phenoxy) is 1. The van der Waals surface area contributed by atoms with E-state index in [0.29, 0.717) is 11.8 Å². The summed E-state index contributed by atoms with van der Waals surface area (Å²) in [6.07, 6.45) is -2.69. The number of rotatable bonds is 8. The van der Waals surface area contributed by atoms with Crippen LogP contribution in [0.3, 0.4) is 0 Å². The van der Waals surface area contributed by atoms with Crippen molar-refractivity contribution in [2.45, 2.75) is 40.0 Å². The highest BCUT2D eigenvalue weighted by atomic mass is 19.4. The zero-order valence-corrected chi connectivity index (χ0v) is 12.8. The first kappa shape index (κ1) is 17.8. The lowest BCUT2D eigenvalue weighted by Gasteiger charge is -2.21. The molecule has 0 heterocycles. The second-order valence-electron chi connectivity index (χ2n) is 5.60. The highest BCUT2D eigenvalue weighted by Gasteiger charge is 2.30. The van der Waals surface area contributed by atoms with E-state index in [1.807, 2.05) is 0 Å². The monoisotopic (exact) mass is 303 g/mol. The molecule has 1 atom stereocenters. The van der Waals surface area contributed by atoms with E-state index >= 15 is 0 Å². The first-order valence-corrected chi connectivity index (χ1v) is 7.37. The number of halogens is 3. The highest BCUT2D eigenvalue weighted by molar-refractivity contribution is 5.27. The predicted molar refractivity (Wildman–Crippen MR) is 78.3 cm³/mol. The quantitative estimate of drug-likeness (QED) is 0.719. The van der Waals surface area contributed by atoms with Gasteiger partial charge in [0.1, 0.15) is 5.75 Å². The molecule has 120 valence electrons. The molecular weight excluding hydrogens is 279 g/mol. The number of benzene rings is 1. The van der Waals surface area contributed by atoms with Crippen LogP contribution in [0.25, 0.3) is 0 Å². The van der Waals surface area contributed by atoms with Crippen LogP contribution in [0.1, 0.15) is 32.8 Å². The van der Waals surface area contributed by atoms with E-state index in [9.17, 15) is 13.2 Å². The van der Waals surface area contributed by atoms with Crippen LogP contribution in [0.2, 0.25) is 0 Å². The summed E-state index contributed by atoms with van der Waals surface area (Å²) in [5.74, 6) is 0.808. The number of alkyl halides is 3. The fraction of sp³-hybridized carbons (Fsp3) is 0.625. The Balaban J connectivity index is 2.59. The highest BCUT2D eigenvalue weighted by Crippen LogP contribution is 2.24. The second-order valence-corrected chi connectivity index (χ2v) is 5.60. The van der Waals surface area contributed by atoms with Crippen molar-refractivity contribution in [1.82, 2.24) is 5.32 Å². The Bertz CT molecular complexity index is 401. The third kappa shape index (κ3) is 7.37. The van der Waals surface area contributed by atoms with Gasteiger partial charge in [0, 0.05) is 0 Å². The lowest BCUT2D eigenvalue weighted by Crippen LogP contribution is -2.28. The number of hydrogen-bond donors (Lipinski definition) is 1. The van der Waals surface area contributed by atoms with Crippen LogP contribution in [0.4, 0.5) is 13.2 Å². The van der Waals surface area contributed by atoms with Crippen molar-refractivity contribution >= 4 is 0 Å². The third-order valence-electron chi connectivity index (χ3n) is 3.43. The van der Waals surface area contributed by atoms with Gasteiger partial charge in [0.25, 0.3) is 0 Å². The standard InChI is InChI=1S/C16H24F3NO/c1-4-9-20-11-14(12(2)3)10-13-5-7-15(8-6-13)21-16(17,18)19/h5-8,12,14,20H,4,9-11H2,1-3H3. The molecule has 0 spiro atoms. The van der Waals surface area contributed by atoms with Crippen molar-refractivity contribution in [2.75, 3.05) is 13.1 Å². The molecule has 1 N–H and O–H groups in total. The van der Waals surface area contributed by atoms with E-state index in [-0.39, 0.29) is 5.75 Å². The van der Waals surface area contributed by atoms with Gasteiger partial charge < -0.3 is 10.1 Å². The molecule has 1 aromatic rings. The molecular formula is C16H24F3NO. The van der Waals surface area contributed by atoms with Gasteiger partial charge in [-0.15, -0.1) is 13.2 Å². The van der Waals surface area contributed by atoms with Crippen LogP contribution in [-0.4, -0.2) is 19.5 Å². The van der Waals surface area contributed by atoms with E-state index in [4.69, 9.17) is 0 Å². The molecule has 1 rings (SSSR count). The molecule has 0 aliphatic carbocycles. The Morgan fingerprint density at radius 3 is 2.24 bits per heavy atom. The molecule has 0 aliphatic heterocycles. The molecule has 0 aromatic heterocycles. The van der Waals surface area contributed by atoms with Crippen molar-refractivity contribution in [3.05, 3.63) is 29.8 Å². The van der Waals surface area contributed by atoms with Gasteiger partial charge >= 0.3 is 6.36 Å². The summed E-state index contributed by atoms with van der Waals surface area (Å²) in [7, 11) is 0. The topological polar surface area (TPSA) is 21.3 Å². The van der Waals surface area contributed by atoms with Gasteiger partial charge in [0.05, 0.1) is 0 Å². The molecule has 1 unspecified atom stereocenters. The maximum atomic E-state index is 12.1. The summed E-state index contributed by atoms with van der Waals surface area (Å²) >= 11 is 0. The summed E-state index contributed by atoms with van der Waals surface area (Å²) < 4.78 is 40.2. The molecule has 2 nitrogen and oxygen atoms in total. The molecule has 1 aromatic carbocycles. The molecule has 0 aliphatic rings. The minimum Gasteiger partial charge on any atom is -0.406 e. The molecule has 0 saturated heterocycles. The fourth-order valence-electron chi connectivity index (χ4n) is 2.14. The average Bonchev–Trinajstić information content (AvgIpc) is 2.38. The van der Waals surface area contributed by atoms with E-state index in [2.05, 4.69) is 30.8 Å². The minimum absolute atomic E-state index is 0.170. The maximum Gasteiger partial charge on any atom is 0.573 e. The smallest absolute Gasteiger partial charge is 0.406 e. The average molecular weight is 303 g/mol. The fourth-order valence-corrected chi connectivity index (χ4v) is 2.14. The van der Waals surface area contributed by atoms with Crippen LogP contribution < -0.4 is 10.1 Å². The van der Waals surface area contributed by atoms with Gasteiger partial charge in [-0.2, -0.15) is 0 Å². The van der Waals surface area contributed by atoms with Gasteiger partial charge in [-0.3, -0.25) is 0 Å². The Hall–Kier alpha value is -1.23. The van der Waals surface area contributed by atoms with Crippen LogP contribution in [0.5, 0.6) is 5.75 Å². The zero-order valence-electron chi connectivity index (χ0n) is 12.8.